The normalized spacial score (nSPS) is 17.6. The number of hydrogen-bond acceptors (Lipinski definition) is 6. The number of fused-ring (bicyclic) bond motifs is 1. The van der Waals surface area contributed by atoms with E-state index in [2.05, 4.69) is 43.9 Å². The Hall–Kier alpha value is -2.18. The number of hydrogen-bond donors (Lipinski definition) is 1. The Morgan fingerprint density at radius 3 is 3.00 bits per heavy atom. The first kappa shape index (κ1) is 13.8. The molecule has 1 aliphatic rings. The fourth-order valence-electron chi connectivity index (χ4n) is 2.60. The van der Waals surface area contributed by atoms with Crippen molar-refractivity contribution in [1.82, 2.24) is 24.7 Å². The smallest absolute Gasteiger partial charge is 0.226 e. The zero-order valence-corrected chi connectivity index (χ0v) is 12.6. The molecule has 0 amide bonds. The molecule has 3 rings (SSSR count). The van der Waals surface area contributed by atoms with E-state index < -0.39 is 0 Å². The lowest BCUT2D eigenvalue weighted by molar-refractivity contribution is 0.396. The van der Waals surface area contributed by atoms with E-state index >= 15 is 0 Å². The van der Waals surface area contributed by atoms with Crippen LogP contribution in [0.3, 0.4) is 0 Å². The third-order valence-corrected chi connectivity index (χ3v) is 3.66. The van der Waals surface area contributed by atoms with Crippen LogP contribution in [0.4, 0.5) is 5.95 Å². The van der Waals surface area contributed by atoms with Crippen molar-refractivity contribution < 1.29 is 4.74 Å². The summed E-state index contributed by atoms with van der Waals surface area (Å²) < 4.78 is 7.34. The molecule has 0 aliphatic carbocycles. The number of ether oxygens (including phenoxy) is 1. The van der Waals surface area contributed by atoms with Crippen molar-refractivity contribution >= 4 is 5.95 Å². The van der Waals surface area contributed by atoms with Crippen LogP contribution in [0.25, 0.3) is 0 Å². The first-order valence-corrected chi connectivity index (χ1v) is 7.23. The van der Waals surface area contributed by atoms with Crippen LogP contribution in [0.2, 0.25) is 0 Å². The zero-order valence-electron chi connectivity index (χ0n) is 12.6. The third kappa shape index (κ3) is 2.81. The van der Waals surface area contributed by atoms with Gasteiger partial charge in [0, 0.05) is 37.2 Å². The average molecular weight is 288 g/mol. The molecule has 0 saturated heterocycles. The summed E-state index contributed by atoms with van der Waals surface area (Å²) in [4.78, 5) is 8.54. The van der Waals surface area contributed by atoms with Gasteiger partial charge in [-0.25, -0.2) is 4.98 Å². The molecule has 2 aromatic heterocycles. The number of aromatic nitrogens is 5. The second kappa shape index (κ2) is 5.67. The Morgan fingerprint density at radius 1 is 1.38 bits per heavy atom. The van der Waals surface area contributed by atoms with E-state index in [1.54, 1.807) is 19.4 Å². The minimum atomic E-state index is 0.276. The lowest BCUT2D eigenvalue weighted by Crippen LogP contribution is -2.33. The Labute approximate surface area is 123 Å². The summed E-state index contributed by atoms with van der Waals surface area (Å²) in [5.74, 6) is 3.66. The summed E-state index contributed by atoms with van der Waals surface area (Å²) in [6.45, 7) is 5.12. The van der Waals surface area contributed by atoms with E-state index in [9.17, 15) is 0 Å². The highest BCUT2D eigenvalue weighted by Crippen LogP contribution is 2.21. The molecule has 1 atom stereocenters. The molecule has 3 heterocycles. The van der Waals surface area contributed by atoms with Gasteiger partial charge in [0.2, 0.25) is 11.8 Å². The molecular weight excluding hydrogens is 268 g/mol. The highest BCUT2D eigenvalue weighted by Gasteiger charge is 2.24. The predicted molar refractivity (Wildman–Crippen MR) is 78.4 cm³/mol. The van der Waals surface area contributed by atoms with Gasteiger partial charge in [0.25, 0.3) is 0 Å². The fourth-order valence-corrected chi connectivity index (χ4v) is 2.60. The molecule has 0 aromatic carbocycles. The second-order valence-corrected chi connectivity index (χ2v) is 5.54. The summed E-state index contributed by atoms with van der Waals surface area (Å²) in [7, 11) is 1.60. The molecule has 1 aliphatic heterocycles. The van der Waals surface area contributed by atoms with Crippen LogP contribution in [0.15, 0.2) is 12.3 Å². The largest absolute Gasteiger partial charge is 0.481 e. The minimum Gasteiger partial charge on any atom is -0.481 e. The van der Waals surface area contributed by atoms with Crippen LogP contribution in [0.5, 0.6) is 5.88 Å². The van der Waals surface area contributed by atoms with Gasteiger partial charge in [-0.1, -0.05) is 13.8 Å². The maximum absolute atomic E-state index is 5.12. The maximum Gasteiger partial charge on any atom is 0.226 e. The molecule has 7 heteroatoms. The van der Waals surface area contributed by atoms with Gasteiger partial charge in [-0.3, -0.25) is 0 Å². The van der Waals surface area contributed by atoms with E-state index in [0.717, 1.165) is 31.0 Å². The molecule has 21 heavy (non-hydrogen) atoms. The van der Waals surface area contributed by atoms with Crippen molar-refractivity contribution in [2.45, 2.75) is 45.2 Å². The van der Waals surface area contributed by atoms with Crippen molar-refractivity contribution in [3.8, 4) is 5.88 Å². The van der Waals surface area contributed by atoms with E-state index in [1.807, 2.05) is 0 Å². The van der Waals surface area contributed by atoms with E-state index in [-0.39, 0.29) is 6.04 Å². The monoisotopic (exact) mass is 288 g/mol. The molecule has 0 fully saturated rings. The quantitative estimate of drug-likeness (QED) is 0.921. The fraction of sp³-hybridized carbons (Fsp3) is 0.571. The van der Waals surface area contributed by atoms with Crippen LogP contribution in [0.1, 0.15) is 37.8 Å². The average Bonchev–Trinajstić information content (AvgIpc) is 2.91. The third-order valence-electron chi connectivity index (χ3n) is 3.66. The van der Waals surface area contributed by atoms with E-state index in [1.165, 1.54) is 0 Å². The van der Waals surface area contributed by atoms with E-state index in [4.69, 9.17) is 4.74 Å². The number of anilines is 1. The van der Waals surface area contributed by atoms with Gasteiger partial charge < -0.3 is 14.6 Å². The standard InChI is InChI=1S/C14H20N6O/c1-9(2)13-19-18-11-5-4-10(8-20(11)13)16-14-15-7-6-12(17-14)21-3/h6-7,9-10H,4-5,8H2,1-3H3,(H,15,16,17). The molecule has 1 N–H and O–H groups in total. The number of nitrogens with one attached hydrogen (secondary N) is 1. The first-order chi connectivity index (χ1) is 10.2. The topological polar surface area (TPSA) is 77.8 Å². The van der Waals surface area contributed by atoms with Crippen LogP contribution in [0, 0.1) is 0 Å². The molecule has 0 saturated carbocycles. The first-order valence-electron chi connectivity index (χ1n) is 7.23. The highest BCUT2D eigenvalue weighted by atomic mass is 16.5. The van der Waals surface area contributed by atoms with Crippen LogP contribution >= 0.6 is 0 Å². The summed E-state index contributed by atoms with van der Waals surface area (Å²) in [5.41, 5.74) is 0. The molecule has 1 unspecified atom stereocenters. The van der Waals surface area contributed by atoms with Crippen LogP contribution in [-0.2, 0) is 13.0 Å². The summed E-state index contributed by atoms with van der Waals surface area (Å²) in [6, 6.07) is 2.01. The van der Waals surface area contributed by atoms with Gasteiger partial charge in [0.05, 0.1) is 7.11 Å². The van der Waals surface area contributed by atoms with Crippen molar-refractivity contribution in [3.63, 3.8) is 0 Å². The predicted octanol–water partition coefficient (Wildman–Crippen LogP) is 1.63. The summed E-state index contributed by atoms with van der Waals surface area (Å²) >= 11 is 0. The van der Waals surface area contributed by atoms with Crippen molar-refractivity contribution in [2.75, 3.05) is 12.4 Å². The van der Waals surface area contributed by atoms with Gasteiger partial charge in [0.1, 0.15) is 11.6 Å². The van der Waals surface area contributed by atoms with Crippen LogP contribution in [-0.4, -0.2) is 37.9 Å². The van der Waals surface area contributed by atoms with Gasteiger partial charge in [-0.05, 0) is 6.42 Å². The van der Waals surface area contributed by atoms with Gasteiger partial charge in [-0.2, -0.15) is 4.98 Å². The second-order valence-electron chi connectivity index (χ2n) is 5.54. The number of nitrogens with zero attached hydrogens (tertiary/aromatic N) is 5. The molecule has 0 bridgehead atoms. The highest BCUT2D eigenvalue weighted by molar-refractivity contribution is 5.29. The Bertz CT molecular complexity index is 624. The van der Waals surface area contributed by atoms with Gasteiger partial charge in [-0.15, -0.1) is 10.2 Å². The van der Waals surface area contributed by atoms with Crippen LogP contribution < -0.4 is 10.1 Å². The molecule has 112 valence electrons. The summed E-state index contributed by atoms with van der Waals surface area (Å²) in [6.07, 6.45) is 3.61. The lowest BCUT2D eigenvalue weighted by atomic mass is 10.1. The zero-order chi connectivity index (χ0) is 14.8. The van der Waals surface area contributed by atoms with E-state index in [0.29, 0.717) is 17.7 Å². The Balaban J connectivity index is 1.75. The Kier molecular flexibility index (Phi) is 3.72. The summed E-state index contributed by atoms with van der Waals surface area (Å²) in [5, 5.41) is 12.0. The number of rotatable bonds is 4. The van der Waals surface area contributed by atoms with Gasteiger partial charge in [0.15, 0.2) is 0 Å². The lowest BCUT2D eigenvalue weighted by Gasteiger charge is -2.25. The molecule has 2 aromatic rings. The van der Waals surface area contributed by atoms with Gasteiger partial charge >= 0.3 is 0 Å². The molecule has 7 nitrogen and oxygen atoms in total. The minimum absolute atomic E-state index is 0.276. The van der Waals surface area contributed by atoms with Crippen molar-refractivity contribution in [2.24, 2.45) is 0 Å². The van der Waals surface area contributed by atoms with Crippen molar-refractivity contribution in [3.05, 3.63) is 23.9 Å². The van der Waals surface area contributed by atoms with Crippen molar-refractivity contribution in [1.29, 1.82) is 0 Å². The SMILES string of the molecule is COc1ccnc(NC2CCc3nnc(C(C)C)n3C2)n1. The number of aryl methyl sites for hydroxylation is 1. The molecule has 0 spiro atoms. The Morgan fingerprint density at radius 2 is 2.24 bits per heavy atom. The maximum atomic E-state index is 5.12. The number of methoxy groups -OCH3 is 1. The molecule has 0 radical (unpaired) electrons. The molecular formula is C14H20N6O.